The molecule has 0 spiro atoms. The molecule has 9 heteroatoms. The smallest absolute Gasteiger partial charge is 0.238 e. The minimum atomic E-state index is -0.0899. The number of rotatable bonds is 11. The zero-order chi connectivity index (χ0) is 24.5. The number of nitrogens with one attached hydrogen (secondary N) is 3. The summed E-state index contributed by atoms with van der Waals surface area (Å²) in [6.07, 6.45) is 3.87. The lowest BCUT2D eigenvalue weighted by Gasteiger charge is -2.20. The van der Waals surface area contributed by atoms with Gasteiger partial charge in [-0.25, -0.2) is 9.97 Å². The number of benzene rings is 2. The Hall–Kier alpha value is -3.23. The van der Waals surface area contributed by atoms with Crippen molar-refractivity contribution >= 4 is 57.2 Å². The maximum absolute atomic E-state index is 12.5. The van der Waals surface area contributed by atoms with Crippen LogP contribution in [0.3, 0.4) is 0 Å². The van der Waals surface area contributed by atoms with Crippen LogP contribution in [0.25, 0.3) is 10.9 Å². The molecule has 3 rings (SSSR count). The molecule has 0 aliphatic rings. The number of carbonyl (C=O) groups excluding carboxylic acids is 2. The summed E-state index contributed by atoms with van der Waals surface area (Å²) in [4.78, 5) is 35.1. The van der Waals surface area contributed by atoms with Crippen LogP contribution in [0, 0.1) is 0 Å². The minimum absolute atomic E-state index is 0.0670. The highest BCUT2D eigenvalue weighted by Crippen LogP contribution is 2.30. The first-order valence-electron chi connectivity index (χ1n) is 11.6. The van der Waals surface area contributed by atoms with Crippen LogP contribution in [-0.2, 0) is 9.59 Å². The van der Waals surface area contributed by atoms with Crippen molar-refractivity contribution in [2.24, 2.45) is 0 Å². The van der Waals surface area contributed by atoms with E-state index in [0.29, 0.717) is 40.9 Å². The zero-order valence-corrected chi connectivity index (χ0v) is 20.6. The Labute approximate surface area is 205 Å². The summed E-state index contributed by atoms with van der Waals surface area (Å²) in [6, 6.07) is 10.8. The molecule has 1 heterocycles. The molecule has 0 radical (unpaired) electrons. The zero-order valence-electron chi connectivity index (χ0n) is 19.8. The number of aromatic nitrogens is 2. The molecule has 0 saturated carbocycles. The van der Waals surface area contributed by atoms with E-state index in [2.05, 4.69) is 44.7 Å². The minimum Gasteiger partial charge on any atom is -0.340 e. The Morgan fingerprint density at radius 3 is 2.32 bits per heavy atom. The molecule has 0 bridgehead atoms. The number of anilines is 4. The number of hydrogen-bond donors (Lipinski definition) is 3. The van der Waals surface area contributed by atoms with Crippen LogP contribution >= 0.6 is 11.6 Å². The van der Waals surface area contributed by atoms with Crippen LogP contribution in [0.1, 0.15) is 40.0 Å². The van der Waals surface area contributed by atoms with E-state index in [1.54, 1.807) is 19.1 Å². The van der Waals surface area contributed by atoms with Crippen LogP contribution in [0.15, 0.2) is 42.7 Å². The average Bonchev–Trinajstić information content (AvgIpc) is 2.81. The van der Waals surface area contributed by atoms with Crippen molar-refractivity contribution in [3.05, 3.63) is 47.7 Å². The van der Waals surface area contributed by atoms with E-state index in [1.165, 1.54) is 6.33 Å². The van der Waals surface area contributed by atoms with Crippen molar-refractivity contribution in [1.82, 2.24) is 14.9 Å². The normalized spacial score (nSPS) is 11.0. The molecule has 0 aliphatic heterocycles. The van der Waals surface area contributed by atoms with Crippen molar-refractivity contribution in [2.75, 3.05) is 35.6 Å². The van der Waals surface area contributed by atoms with Gasteiger partial charge in [-0.15, -0.1) is 0 Å². The molecule has 2 aromatic carbocycles. The maximum Gasteiger partial charge on any atom is 0.238 e. The second-order valence-corrected chi connectivity index (χ2v) is 8.41. The fourth-order valence-corrected chi connectivity index (χ4v) is 3.84. The van der Waals surface area contributed by atoms with Crippen LogP contribution in [0.5, 0.6) is 0 Å². The Morgan fingerprint density at radius 1 is 0.912 bits per heavy atom. The Kier molecular flexibility index (Phi) is 9.18. The summed E-state index contributed by atoms with van der Waals surface area (Å²) in [6.45, 7) is 8.11. The number of carbonyl (C=O) groups is 2. The molecular weight excluding hydrogens is 452 g/mol. The molecule has 180 valence electrons. The van der Waals surface area contributed by atoms with E-state index in [0.717, 1.165) is 36.8 Å². The summed E-state index contributed by atoms with van der Waals surface area (Å²) in [5.74, 6) is 0.427. The van der Waals surface area contributed by atoms with Gasteiger partial charge < -0.3 is 16.0 Å². The van der Waals surface area contributed by atoms with Gasteiger partial charge in [0, 0.05) is 23.2 Å². The topological polar surface area (TPSA) is 99.2 Å². The van der Waals surface area contributed by atoms with Crippen molar-refractivity contribution in [2.45, 2.75) is 40.0 Å². The quantitative estimate of drug-likeness (QED) is 0.336. The average molecular weight is 483 g/mol. The first-order valence-corrected chi connectivity index (χ1v) is 11.9. The summed E-state index contributed by atoms with van der Waals surface area (Å²) in [5.41, 5.74) is 2.69. The second kappa shape index (κ2) is 12.3. The molecule has 0 unspecified atom stereocenters. The van der Waals surface area contributed by atoms with Gasteiger partial charge in [-0.1, -0.05) is 32.4 Å². The summed E-state index contributed by atoms with van der Waals surface area (Å²) in [5, 5.41) is 10.2. The molecule has 0 aliphatic carbocycles. The third kappa shape index (κ3) is 6.88. The molecule has 0 saturated heterocycles. The van der Waals surface area contributed by atoms with Crippen LogP contribution < -0.4 is 16.0 Å². The highest BCUT2D eigenvalue weighted by molar-refractivity contribution is 6.34. The summed E-state index contributed by atoms with van der Waals surface area (Å²) in [7, 11) is 0. The largest absolute Gasteiger partial charge is 0.340 e. The molecule has 34 heavy (non-hydrogen) atoms. The first kappa shape index (κ1) is 25.4. The number of halogens is 1. The van der Waals surface area contributed by atoms with Gasteiger partial charge in [-0.05, 0) is 62.3 Å². The fraction of sp³-hybridized carbons (Fsp3) is 0.360. The van der Waals surface area contributed by atoms with E-state index in [4.69, 9.17) is 11.6 Å². The maximum atomic E-state index is 12.5. The number of fused-ring (bicyclic) bond motifs is 1. The second-order valence-electron chi connectivity index (χ2n) is 8.00. The standard InChI is InChI=1S/C25H31ClN6O2/c1-4-11-32(12-5-2)15-24(34)31-22-10-8-18(14-20(22)26)30-25-19-13-17(29-23(33)6-3)7-9-21(19)27-16-28-25/h7-10,13-14,16H,4-6,11-12,15H2,1-3H3,(H,29,33)(H,31,34)(H,27,28,30). The molecule has 0 fully saturated rings. The number of nitrogens with zero attached hydrogens (tertiary/aromatic N) is 3. The van der Waals surface area contributed by atoms with Gasteiger partial charge in [0.2, 0.25) is 11.8 Å². The Bertz CT molecular complexity index is 1150. The first-order chi connectivity index (χ1) is 16.4. The molecule has 2 amide bonds. The lowest BCUT2D eigenvalue weighted by molar-refractivity contribution is -0.117. The predicted octanol–water partition coefficient (Wildman–Crippen LogP) is 5.44. The van der Waals surface area contributed by atoms with E-state index >= 15 is 0 Å². The molecule has 3 N–H and O–H groups in total. The monoisotopic (exact) mass is 482 g/mol. The van der Waals surface area contributed by atoms with Crippen LogP contribution in [-0.4, -0.2) is 46.3 Å². The van der Waals surface area contributed by atoms with Crippen LogP contribution in [0.2, 0.25) is 5.02 Å². The van der Waals surface area contributed by atoms with E-state index in [9.17, 15) is 9.59 Å². The molecule has 8 nitrogen and oxygen atoms in total. The van der Waals surface area contributed by atoms with Crippen molar-refractivity contribution < 1.29 is 9.59 Å². The Balaban J connectivity index is 1.74. The van der Waals surface area contributed by atoms with Gasteiger partial charge in [-0.2, -0.15) is 0 Å². The molecule has 0 atom stereocenters. The predicted molar refractivity (Wildman–Crippen MR) is 139 cm³/mol. The highest BCUT2D eigenvalue weighted by Gasteiger charge is 2.12. The van der Waals surface area contributed by atoms with Gasteiger partial charge in [0.15, 0.2) is 0 Å². The highest BCUT2D eigenvalue weighted by atomic mass is 35.5. The number of hydrogen-bond acceptors (Lipinski definition) is 6. The van der Waals surface area contributed by atoms with Gasteiger partial charge in [0.05, 0.1) is 22.8 Å². The lowest BCUT2D eigenvalue weighted by atomic mass is 10.2. The third-order valence-corrected chi connectivity index (χ3v) is 5.51. The van der Waals surface area contributed by atoms with Crippen molar-refractivity contribution in [3.63, 3.8) is 0 Å². The Morgan fingerprint density at radius 2 is 1.65 bits per heavy atom. The fourth-order valence-electron chi connectivity index (χ4n) is 3.61. The molecule has 1 aromatic heterocycles. The third-order valence-electron chi connectivity index (χ3n) is 5.19. The van der Waals surface area contributed by atoms with E-state index in [1.807, 2.05) is 24.3 Å². The van der Waals surface area contributed by atoms with Gasteiger partial charge in [0.1, 0.15) is 12.1 Å². The van der Waals surface area contributed by atoms with Gasteiger partial charge in [0.25, 0.3) is 0 Å². The molecular formula is C25H31ClN6O2. The lowest BCUT2D eigenvalue weighted by Crippen LogP contribution is -2.34. The molecule has 3 aromatic rings. The summed E-state index contributed by atoms with van der Waals surface area (Å²) >= 11 is 6.47. The van der Waals surface area contributed by atoms with Gasteiger partial charge in [-0.3, -0.25) is 14.5 Å². The van der Waals surface area contributed by atoms with Gasteiger partial charge >= 0.3 is 0 Å². The SMILES string of the molecule is CCCN(CCC)CC(=O)Nc1ccc(Nc2ncnc3ccc(NC(=O)CC)cc23)cc1Cl. The van der Waals surface area contributed by atoms with Crippen molar-refractivity contribution in [3.8, 4) is 0 Å². The summed E-state index contributed by atoms with van der Waals surface area (Å²) < 4.78 is 0. The number of amides is 2. The van der Waals surface area contributed by atoms with Crippen LogP contribution in [0.4, 0.5) is 22.9 Å². The van der Waals surface area contributed by atoms with E-state index in [-0.39, 0.29) is 11.8 Å². The van der Waals surface area contributed by atoms with Crippen molar-refractivity contribution in [1.29, 1.82) is 0 Å². The van der Waals surface area contributed by atoms with E-state index < -0.39 is 0 Å².